The van der Waals surface area contributed by atoms with Crippen LogP contribution in [0.2, 0.25) is 0 Å². The number of hydrogen-bond acceptors (Lipinski definition) is 8. The highest BCUT2D eigenvalue weighted by molar-refractivity contribution is 7.93. The van der Waals surface area contributed by atoms with E-state index in [9.17, 15) is 26.9 Å². The molecule has 0 saturated heterocycles. The van der Waals surface area contributed by atoms with Gasteiger partial charge in [0, 0.05) is 17.6 Å². The van der Waals surface area contributed by atoms with Gasteiger partial charge in [0.05, 0.1) is 48.0 Å². The van der Waals surface area contributed by atoms with Gasteiger partial charge in [0.25, 0.3) is 10.0 Å². The Hall–Kier alpha value is -4.28. The Morgan fingerprint density at radius 1 is 1.17 bits per heavy atom. The molecule has 1 aliphatic rings. The smallest absolute Gasteiger partial charge is 0.416 e. The predicted molar refractivity (Wildman–Crippen MR) is 149 cm³/mol. The van der Waals surface area contributed by atoms with E-state index in [0.717, 1.165) is 27.8 Å². The van der Waals surface area contributed by atoms with Gasteiger partial charge in [0.1, 0.15) is 17.6 Å². The summed E-state index contributed by atoms with van der Waals surface area (Å²) < 4.78 is 80.5. The number of rotatable bonds is 7. The number of hydrogen-bond donors (Lipinski definition) is 1. The van der Waals surface area contributed by atoms with E-state index in [-0.39, 0.29) is 33.8 Å². The van der Waals surface area contributed by atoms with Crippen LogP contribution < -0.4 is 19.1 Å². The van der Waals surface area contributed by atoms with Crippen molar-refractivity contribution in [2.24, 2.45) is 0 Å². The molecule has 0 saturated carbocycles. The fourth-order valence-electron chi connectivity index (χ4n) is 4.41. The zero-order valence-corrected chi connectivity index (χ0v) is 23.4. The molecule has 1 aromatic heterocycles. The second-order valence-electron chi connectivity index (χ2n) is 9.19. The summed E-state index contributed by atoms with van der Waals surface area (Å²) in [6, 6.07) is 14.0. The minimum Gasteiger partial charge on any atom is -0.497 e. The topological polar surface area (TPSA) is 105 Å². The fraction of sp³-hybridized carbons (Fsp3) is 0.214. The number of methoxy groups -OCH3 is 1. The minimum absolute atomic E-state index is 0.0235. The SMILES string of the molecule is COc1ccc(CN(c2nccs2)S(=O)(=O)c2ccc3c(c2)OC(C)CN3)c(-c2ccc(C(F)(F)F)cc2C#N)c1. The molecule has 1 atom stereocenters. The summed E-state index contributed by atoms with van der Waals surface area (Å²) in [7, 11) is -2.77. The van der Waals surface area contributed by atoms with Crippen molar-refractivity contribution in [3.05, 3.63) is 82.9 Å². The monoisotopic (exact) mass is 600 g/mol. The molecule has 212 valence electrons. The zero-order valence-electron chi connectivity index (χ0n) is 21.8. The van der Waals surface area contributed by atoms with E-state index >= 15 is 0 Å². The molecule has 0 aliphatic carbocycles. The Morgan fingerprint density at radius 3 is 2.66 bits per heavy atom. The second kappa shape index (κ2) is 10.9. The van der Waals surface area contributed by atoms with Crippen molar-refractivity contribution in [3.8, 4) is 28.7 Å². The molecule has 8 nitrogen and oxygen atoms in total. The van der Waals surface area contributed by atoms with Crippen molar-refractivity contribution < 1.29 is 31.1 Å². The summed E-state index contributed by atoms with van der Waals surface area (Å²) in [5, 5.41) is 14.8. The van der Waals surface area contributed by atoms with Crippen LogP contribution in [0.4, 0.5) is 24.0 Å². The number of alkyl halides is 3. The summed E-state index contributed by atoms with van der Waals surface area (Å²) in [5.41, 5.74) is 0.461. The number of anilines is 2. The lowest BCUT2D eigenvalue weighted by atomic mass is 9.94. The second-order valence-corrected chi connectivity index (χ2v) is 11.9. The number of nitrogens with one attached hydrogen (secondary N) is 1. The summed E-state index contributed by atoms with van der Waals surface area (Å²) in [6.07, 6.45) is -3.32. The maximum Gasteiger partial charge on any atom is 0.416 e. The van der Waals surface area contributed by atoms with Gasteiger partial charge in [-0.3, -0.25) is 0 Å². The van der Waals surface area contributed by atoms with Crippen LogP contribution in [-0.4, -0.2) is 33.2 Å². The van der Waals surface area contributed by atoms with E-state index in [4.69, 9.17) is 9.47 Å². The van der Waals surface area contributed by atoms with E-state index in [0.29, 0.717) is 34.9 Å². The van der Waals surface area contributed by atoms with E-state index in [1.54, 1.807) is 29.6 Å². The van der Waals surface area contributed by atoms with Gasteiger partial charge in [-0.15, -0.1) is 11.3 Å². The number of thiazole rings is 1. The predicted octanol–water partition coefficient (Wildman–Crippen LogP) is 6.30. The van der Waals surface area contributed by atoms with Gasteiger partial charge in [0.15, 0.2) is 5.13 Å². The van der Waals surface area contributed by atoms with Gasteiger partial charge in [-0.05, 0) is 60.0 Å². The first-order valence-electron chi connectivity index (χ1n) is 12.3. The molecule has 1 unspecified atom stereocenters. The molecule has 1 aliphatic heterocycles. The Balaban J connectivity index is 1.62. The number of fused-ring (bicyclic) bond motifs is 1. The van der Waals surface area contributed by atoms with Crippen LogP contribution in [0.25, 0.3) is 11.1 Å². The van der Waals surface area contributed by atoms with Crippen LogP contribution in [0, 0.1) is 11.3 Å². The molecule has 0 amide bonds. The number of ether oxygens (including phenoxy) is 2. The van der Waals surface area contributed by atoms with Gasteiger partial charge in [0.2, 0.25) is 0 Å². The van der Waals surface area contributed by atoms with E-state index in [2.05, 4.69) is 10.3 Å². The number of benzene rings is 3. The third-order valence-electron chi connectivity index (χ3n) is 6.47. The molecular weight excluding hydrogens is 577 g/mol. The number of sulfonamides is 1. The van der Waals surface area contributed by atoms with Gasteiger partial charge in [-0.2, -0.15) is 18.4 Å². The van der Waals surface area contributed by atoms with Crippen LogP contribution in [0.1, 0.15) is 23.6 Å². The molecule has 2 heterocycles. The maximum absolute atomic E-state index is 14.1. The standard InChI is InChI=1S/C28H23F3N4O4S2/c1-17-15-34-25-8-6-22(13-26(25)39-17)41(36,37)35(27-33-9-10-40-27)16-18-3-5-21(38-2)12-24(18)23-7-4-20(28(29,30)31)11-19(23)14-32/h3-13,17,34H,15-16H2,1-2H3. The van der Waals surface area contributed by atoms with Crippen molar-refractivity contribution in [2.75, 3.05) is 23.3 Å². The summed E-state index contributed by atoms with van der Waals surface area (Å²) >= 11 is 1.11. The lowest BCUT2D eigenvalue weighted by Crippen LogP contribution is -2.31. The molecule has 0 fully saturated rings. The molecular formula is C28H23F3N4O4S2. The third-order valence-corrected chi connectivity index (χ3v) is 9.11. The normalized spacial score (nSPS) is 14.8. The van der Waals surface area contributed by atoms with Crippen LogP contribution >= 0.6 is 11.3 Å². The first-order chi connectivity index (χ1) is 19.5. The van der Waals surface area contributed by atoms with E-state index in [1.807, 2.05) is 13.0 Å². The Kier molecular flexibility index (Phi) is 7.54. The lowest BCUT2D eigenvalue weighted by molar-refractivity contribution is -0.137. The molecule has 5 rings (SSSR count). The molecule has 0 bridgehead atoms. The van der Waals surface area contributed by atoms with Gasteiger partial charge in [-0.1, -0.05) is 12.1 Å². The average molecular weight is 601 g/mol. The highest BCUT2D eigenvalue weighted by Gasteiger charge is 2.32. The van der Waals surface area contributed by atoms with E-state index < -0.39 is 21.8 Å². The van der Waals surface area contributed by atoms with Gasteiger partial charge >= 0.3 is 6.18 Å². The molecule has 1 N–H and O–H groups in total. The van der Waals surface area contributed by atoms with Crippen molar-refractivity contribution in [1.29, 1.82) is 5.26 Å². The van der Waals surface area contributed by atoms with Crippen LogP contribution in [0.5, 0.6) is 11.5 Å². The molecule has 0 radical (unpaired) electrons. The third kappa shape index (κ3) is 5.66. The lowest BCUT2D eigenvalue weighted by Gasteiger charge is -2.27. The number of aromatic nitrogens is 1. The summed E-state index contributed by atoms with van der Waals surface area (Å²) in [6.45, 7) is 2.22. The Labute approximate surface area is 238 Å². The first-order valence-corrected chi connectivity index (χ1v) is 14.6. The molecule has 41 heavy (non-hydrogen) atoms. The minimum atomic E-state index is -4.64. The molecule has 13 heteroatoms. The Morgan fingerprint density at radius 2 is 1.98 bits per heavy atom. The molecule has 3 aromatic carbocycles. The van der Waals surface area contributed by atoms with Crippen molar-refractivity contribution in [2.45, 2.75) is 30.6 Å². The van der Waals surface area contributed by atoms with Crippen LogP contribution in [0.3, 0.4) is 0 Å². The van der Waals surface area contributed by atoms with Crippen molar-refractivity contribution in [3.63, 3.8) is 0 Å². The molecule has 4 aromatic rings. The molecule has 0 spiro atoms. The maximum atomic E-state index is 14.1. The van der Waals surface area contributed by atoms with Gasteiger partial charge in [-0.25, -0.2) is 17.7 Å². The van der Waals surface area contributed by atoms with Crippen LogP contribution in [0.15, 0.2) is 71.1 Å². The average Bonchev–Trinajstić information content (AvgIpc) is 3.49. The highest BCUT2D eigenvalue weighted by Crippen LogP contribution is 2.38. The van der Waals surface area contributed by atoms with Crippen molar-refractivity contribution in [1.82, 2.24) is 4.98 Å². The number of nitriles is 1. The van der Waals surface area contributed by atoms with Gasteiger partial charge < -0.3 is 14.8 Å². The highest BCUT2D eigenvalue weighted by atomic mass is 32.2. The fourth-order valence-corrected chi connectivity index (χ4v) is 6.70. The summed E-state index contributed by atoms with van der Waals surface area (Å²) in [5.74, 6) is 0.780. The Bertz CT molecular complexity index is 1740. The largest absolute Gasteiger partial charge is 0.497 e. The summed E-state index contributed by atoms with van der Waals surface area (Å²) in [4.78, 5) is 4.21. The van der Waals surface area contributed by atoms with Crippen molar-refractivity contribution >= 4 is 32.2 Å². The first kappa shape index (κ1) is 28.3. The number of halogens is 3. The quantitative estimate of drug-likeness (QED) is 0.266. The van der Waals surface area contributed by atoms with Crippen LogP contribution in [-0.2, 0) is 22.7 Å². The zero-order chi connectivity index (χ0) is 29.4. The number of nitrogens with zero attached hydrogens (tertiary/aromatic N) is 3. The van der Waals surface area contributed by atoms with E-state index in [1.165, 1.54) is 31.5 Å².